The maximum absolute atomic E-state index is 13.5. The molecule has 2 nitrogen and oxygen atoms in total. The van der Waals surface area contributed by atoms with E-state index in [1.807, 2.05) is 12.1 Å². The quantitative estimate of drug-likeness (QED) is 0.846. The average Bonchev–Trinajstić information content (AvgIpc) is 2.33. The summed E-state index contributed by atoms with van der Waals surface area (Å²) in [6.07, 6.45) is 0. The van der Waals surface area contributed by atoms with Crippen molar-refractivity contribution < 1.29 is 9.13 Å². The van der Waals surface area contributed by atoms with Crippen LogP contribution in [0.15, 0.2) is 42.5 Å². The van der Waals surface area contributed by atoms with Gasteiger partial charge in [-0.2, -0.15) is 0 Å². The number of hydrogen-bond donors (Lipinski definition) is 1. The van der Waals surface area contributed by atoms with E-state index in [4.69, 9.17) is 22.1 Å². The number of hydrogen-bond acceptors (Lipinski definition) is 2. The van der Waals surface area contributed by atoms with Crippen molar-refractivity contribution in [1.29, 1.82) is 0 Å². The fourth-order valence-electron chi connectivity index (χ4n) is 1.37. The Morgan fingerprint density at radius 1 is 1.12 bits per heavy atom. The van der Waals surface area contributed by atoms with Crippen LogP contribution in [-0.4, -0.2) is 0 Å². The Morgan fingerprint density at radius 3 is 2.53 bits per heavy atom. The van der Waals surface area contributed by atoms with Gasteiger partial charge in [-0.15, -0.1) is 0 Å². The Hall–Kier alpha value is -1.74. The summed E-state index contributed by atoms with van der Waals surface area (Å²) in [4.78, 5) is 0. The second-order valence-electron chi connectivity index (χ2n) is 3.58. The van der Waals surface area contributed by atoms with Crippen molar-refractivity contribution in [3.63, 3.8) is 0 Å². The predicted molar refractivity (Wildman–Crippen MR) is 66.6 cm³/mol. The second-order valence-corrected chi connectivity index (χ2v) is 3.99. The van der Waals surface area contributed by atoms with Crippen molar-refractivity contribution in [3.8, 4) is 5.75 Å². The van der Waals surface area contributed by atoms with Crippen LogP contribution in [0.25, 0.3) is 0 Å². The third-order valence-corrected chi connectivity index (χ3v) is 2.58. The zero-order valence-corrected chi connectivity index (χ0v) is 9.75. The summed E-state index contributed by atoms with van der Waals surface area (Å²) in [6, 6.07) is 11.9. The van der Waals surface area contributed by atoms with Gasteiger partial charge in [0.15, 0.2) is 11.6 Å². The lowest BCUT2D eigenvalue weighted by Crippen LogP contribution is -1.98. The molecule has 0 saturated carbocycles. The normalized spacial score (nSPS) is 10.2. The Bertz CT molecular complexity index is 513. The van der Waals surface area contributed by atoms with Crippen molar-refractivity contribution in [1.82, 2.24) is 0 Å². The topological polar surface area (TPSA) is 35.2 Å². The minimum Gasteiger partial charge on any atom is -0.486 e. The number of benzene rings is 2. The average molecular weight is 252 g/mol. The monoisotopic (exact) mass is 251 g/mol. The van der Waals surface area contributed by atoms with Crippen LogP contribution >= 0.6 is 11.6 Å². The highest BCUT2D eigenvalue weighted by atomic mass is 35.5. The summed E-state index contributed by atoms with van der Waals surface area (Å²) in [7, 11) is 0. The molecule has 0 aliphatic carbocycles. The molecule has 0 unspecified atom stereocenters. The molecule has 0 aliphatic rings. The van der Waals surface area contributed by atoms with Gasteiger partial charge in [0.05, 0.1) is 5.02 Å². The van der Waals surface area contributed by atoms with E-state index in [0.717, 1.165) is 5.56 Å². The molecule has 0 spiro atoms. The first-order chi connectivity index (χ1) is 8.16. The highest BCUT2D eigenvalue weighted by Gasteiger charge is 2.07. The summed E-state index contributed by atoms with van der Waals surface area (Å²) < 4.78 is 18.8. The van der Waals surface area contributed by atoms with Crippen LogP contribution in [0.2, 0.25) is 5.02 Å². The van der Waals surface area contributed by atoms with Gasteiger partial charge in [0.25, 0.3) is 0 Å². The Labute approximate surface area is 104 Å². The molecule has 2 aromatic carbocycles. The van der Waals surface area contributed by atoms with Crippen LogP contribution in [0.5, 0.6) is 5.75 Å². The molecule has 0 aliphatic heterocycles. The molecule has 88 valence electrons. The molecule has 0 amide bonds. The first kappa shape index (κ1) is 11.7. The van der Waals surface area contributed by atoms with Crippen molar-refractivity contribution >= 4 is 17.3 Å². The molecule has 0 radical (unpaired) electrons. The van der Waals surface area contributed by atoms with E-state index in [2.05, 4.69) is 0 Å². The third kappa shape index (κ3) is 2.88. The van der Waals surface area contributed by atoms with E-state index >= 15 is 0 Å². The zero-order valence-electron chi connectivity index (χ0n) is 8.99. The Morgan fingerprint density at radius 2 is 1.82 bits per heavy atom. The summed E-state index contributed by atoms with van der Waals surface area (Å²) in [6.45, 7) is 0.275. The van der Waals surface area contributed by atoms with Crippen molar-refractivity contribution in [2.45, 2.75) is 6.61 Å². The smallest absolute Gasteiger partial charge is 0.183 e. The van der Waals surface area contributed by atoms with Crippen LogP contribution in [0.1, 0.15) is 5.56 Å². The van der Waals surface area contributed by atoms with E-state index in [-0.39, 0.29) is 17.4 Å². The minimum atomic E-state index is -0.537. The Kier molecular flexibility index (Phi) is 3.49. The molecule has 4 heteroatoms. The van der Waals surface area contributed by atoms with Crippen molar-refractivity contribution in [3.05, 3.63) is 58.9 Å². The molecule has 0 aromatic heterocycles. The van der Waals surface area contributed by atoms with E-state index in [1.54, 1.807) is 24.3 Å². The van der Waals surface area contributed by atoms with Gasteiger partial charge in [0.2, 0.25) is 0 Å². The number of nitrogens with two attached hydrogens (primary N) is 1. The van der Waals surface area contributed by atoms with Crippen LogP contribution in [0.3, 0.4) is 0 Å². The molecule has 0 bridgehead atoms. The standard InChI is InChI=1S/C13H11ClFNO/c14-11-2-1-3-12(13(11)15)17-8-9-4-6-10(16)7-5-9/h1-7H,8,16H2. The van der Waals surface area contributed by atoms with Gasteiger partial charge in [0.1, 0.15) is 6.61 Å². The molecular weight excluding hydrogens is 241 g/mol. The maximum Gasteiger partial charge on any atom is 0.183 e. The molecule has 17 heavy (non-hydrogen) atoms. The molecule has 0 atom stereocenters. The summed E-state index contributed by atoms with van der Waals surface area (Å²) in [5.41, 5.74) is 7.16. The van der Waals surface area contributed by atoms with Gasteiger partial charge in [-0.25, -0.2) is 4.39 Å². The van der Waals surface area contributed by atoms with Gasteiger partial charge >= 0.3 is 0 Å². The fraction of sp³-hybridized carbons (Fsp3) is 0.0769. The van der Waals surface area contributed by atoms with Gasteiger partial charge in [-0.3, -0.25) is 0 Å². The number of rotatable bonds is 3. The van der Waals surface area contributed by atoms with Crippen molar-refractivity contribution in [2.24, 2.45) is 0 Å². The molecular formula is C13H11ClFNO. The number of nitrogen functional groups attached to an aromatic ring is 1. The molecule has 2 N–H and O–H groups in total. The fourth-order valence-corrected chi connectivity index (χ4v) is 1.54. The number of ether oxygens (including phenoxy) is 1. The SMILES string of the molecule is Nc1ccc(COc2cccc(Cl)c2F)cc1. The number of anilines is 1. The first-order valence-electron chi connectivity index (χ1n) is 5.08. The van der Waals surface area contributed by atoms with Crippen LogP contribution < -0.4 is 10.5 Å². The highest BCUT2D eigenvalue weighted by molar-refractivity contribution is 6.30. The van der Waals surface area contributed by atoms with Gasteiger partial charge in [-0.05, 0) is 29.8 Å². The summed E-state index contributed by atoms with van der Waals surface area (Å²) >= 11 is 5.64. The molecule has 2 aromatic rings. The van der Waals surface area contributed by atoms with E-state index in [1.165, 1.54) is 6.07 Å². The summed E-state index contributed by atoms with van der Waals surface area (Å²) in [5, 5.41) is 0.0554. The predicted octanol–water partition coefficient (Wildman–Crippen LogP) is 3.64. The molecule has 0 heterocycles. The molecule has 0 saturated heterocycles. The van der Waals surface area contributed by atoms with E-state index in [0.29, 0.717) is 5.69 Å². The van der Waals surface area contributed by atoms with Crippen molar-refractivity contribution in [2.75, 3.05) is 5.73 Å². The van der Waals surface area contributed by atoms with Crippen LogP contribution in [-0.2, 0) is 6.61 Å². The Balaban J connectivity index is 2.07. The maximum atomic E-state index is 13.5. The zero-order chi connectivity index (χ0) is 12.3. The second kappa shape index (κ2) is 5.06. The summed E-state index contributed by atoms with van der Waals surface area (Å²) in [5.74, 6) is -0.390. The largest absolute Gasteiger partial charge is 0.486 e. The molecule has 2 rings (SSSR count). The van der Waals surface area contributed by atoms with Crippen LogP contribution in [0, 0.1) is 5.82 Å². The lowest BCUT2D eigenvalue weighted by atomic mass is 10.2. The third-order valence-electron chi connectivity index (χ3n) is 2.29. The number of halogens is 2. The highest BCUT2D eigenvalue weighted by Crippen LogP contribution is 2.24. The van der Waals surface area contributed by atoms with Gasteiger partial charge < -0.3 is 10.5 Å². The van der Waals surface area contributed by atoms with E-state index < -0.39 is 5.82 Å². The van der Waals surface area contributed by atoms with Gasteiger partial charge in [-0.1, -0.05) is 29.8 Å². The van der Waals surface area contributed by atoms with Crippen LogP contribution in [0.4, 0.5) is 10.1 Å². The lowest BCUT2D eigenvalue weighted by molar-refractivity contribution is 0.290. The van der Waals surface area contributed by atoms with Gasteiger partial charge in [0, 0.05) is 5.69 Å². The van der Waals surface area contributed by atoms with E-state index in [9.17, 15) is 4.39 Å². The lowest BCUT2D eigenvalue weighted by Gasteiger charge is -2.08. The molecule has 0 fully saturated rings. The first-order valence-corrected chi connectivity index (χ1v) is 5.46. The minimum absolute atomic E-state index is 0.0554.